The Labute approximate surface area is 175 Å². The van der Waals surface area contributed by atoms with E-state index < -0.39 is 0 Å². The Bertz CT molecular complexity index is 1020. The SMILES string of the molecule is CC(C)(C)c1cc(C(=O)N2CCC[C@@H](c3ncc(Cc4ccc(F)cc4)o3)C2)n[nH]1. The number of carbonyl (C=O) groups is 1. The maximum atomic E-state index is 13.1. The van der Waals surface area contributed by atoms with Gasteiger partial charge >= 0.3 is 0 Å². The molecular weight excluding hydrogens is 383 g/mol. The molecule has 1 atom stereocenters. The number of aromatic amines is 1. The van der Waals surface area contributed by atoms with Crippen LogP contribution in [-0.2, 0) is 11.8 Å². The van der Waals surface area contributed by atoms with Gasteiger partial charge in [-0.3, -0.25) is 9.89 Å². The Morgan fingerprint density at radius 3 is 2.77 bits per heavy atom. The largest absolute Gasteiger partial charge is 0.445 e. The molecule has 1 fully saturated rings. The molecule has 0 saturated carbocycles. The number of aromatic nitrogens is 3. The summed E-state index contributed by atoms with van der Waals surface area (Å²) < 4.78 is 19.1. The minimum Gasteiger partial charge on any atom is -0.445 e. The van der Waals surface area contributed by atoms with Gasteiger partial charge in [0.05, 0.1) is 12.1 Å². The molecule has 1 N–H and O–H groups in total. The molecule has 1 amide bonds. The number of carbonyl (C=O) groups excluding carboxylic acids is 1. The molecule has 0 bridgehead atoms. The molecule has 2 aromatic heterocycles. The number of nitrogens with one attached hydrogen (secondary N) is 1. The number of rotatable bonds is 4. The summed E-state index contributed by atoms with van der Waals surface area (Å²) in [5.74, 6) is 1.13. The highest BCUT2D eigenvalue weighted by Crippen LogP contribution is 2.28. The highest BCUT2D eigenvalue weighted by molar-refractivity contribution is 5.92. The van der Waals surface area contributed by atoms with E-state index in [1.807, 2.05) is 11.0 Å². The molecule has 158 valence electrons. The second-order valence-corrected chi connectivity index (χ2v) is 8.98. The number of amides is 1. The van der Waals surface area contributed by atoms with Crippen LogP contribution in [0, 0.1) is 5.82 Å². The van der Waals surface area contributed by atoms with E-state index in [0.29, 0.717) is 31.1 Å². The van der Waals surface area contributed by atoms with Gasteiger partial charge in [-0.05, 0) is 36.6 Å². The van der Waals surface area contributed by atoms with Gasteiger partial charge in [0.25, 0.3) is 5.91 Å². The van der Waals surface area contributed by atoms with Crippen LogP contribution in [-0.4, -0.2) is 39.1 Å². The van der Waals surface area contributed by atoms with Crippen LogP contribution in [0.4, 0.5) is 4.39 Å². The van der Waals surface area contributed by atoms with E-state index in [0.717, 1.165) is 29.9 Å². The zero-order valence-corrected chi connectivity index (χ0v) is 17.6. The summed E-state index contributed by atoms with van der Waals surface area (Å²) in [4.78, 5) is 19.2. The van der Waals surface area contributed by atoms with E-state index in [9.17, 15) is 9.18 Å². The predicted octanol–water partition coefficient (Wildman–Crippen LogP) is 4.44. The molecule has 1 aliphatic rings. The summed E-state index contributed by atoms with van der Waals surface area (Å²) >= 11 is 0. The van der Waals surface area contributed by atoms with Crippen LogP contribution in [0.25, 0.3) is 0 Å². The van der Waals surface area contributed by atoms with Crippen LogP contribution in [0.5, 0.6) is 0 Å². The highest BCUT2D eigenvalue weighted by Gasteiger charge is 2.30. The Morgan fingerprint density at radius 2 is 2.07 bits per heavy atom. The first-order valence-electron chi connectivity index (χ1n) is 10.3. The van der Waals surface area contributed by atoms with Crippen molar-refractivity contribution in [2.75, 3.05) is 13.1 Å². The fourth-order valence-electron chi connectivity index (χ4n) is 3.74. The summed E-state index contributed by atoms with van der Waals surface area (Å²) in [5, 5.41) is 7.22. The van der Waals surface area contributed by atoms with Gasteiger partial charge in [0.15, 0.2) is 5.89 Å². The van der Waals surface area contributed by atoms with Gasteiger partial charge in [-0.15, -0.1) is 0 Å². The molecule has 7 heteroatoms. The number of piperidine rings is 1. The second-order valence-electron chi connectivity index (χ2n) is 8.98. The molecule has 1 saturated heterocycles. The summed E-state index contributed by atoms with van der Waals surface area (Å²) in [5.41, 5.74) is 2.27. The van der Waals surface area contributed by atoms with Crippen molar-refractivity contribution in [2.24, 2.45) is 0 Å². The van der Waals surface area contributed by atoms with Crippen molar-refractivity contribution in [1.82, 2.24) is 20.1 Å². The Hall–Kier alpha value is -2.96. The lowest BCUT2D eigenvalue weighted by Crippen LogP contribution is -2.39. The fraction of sp³-hybridized carbons (Fsp3) is 0.435. The zero-order valence-electron chi connectivity index (χ0n) is 17.6. The molecule has 1 aromatic carbocycles. The number of nitrogens with zero attached hydrogens (tertiary/aromatic N) is 3. The van der Waals surface area contributed by atoms with Crippen LogP contribution in [0.15, 0.2) is 40.9 Å². The molecule has 0 aliphatic carbocycles. The number of hydrogen-bond donors (Lipinski definition) is 1. The van der Waals surface area contributed by atoms with Gasteiger partial charge < -0.3 is 9.32 Å². The number of H-pyrrole nitrogens is 1. The van der Waals surface area contributed by atoms with E-state index in [2.05, 4.69) is 36.0 Å². The van der Waals surface area contributed by atoms with E-state index >= 15 is 0 Å². The normalized spacial score (nSPS) is 17.3. The molecule has 1 aliphatic heterocycles. The molecule has 0 spiro atoms. The number of likely N-dealkylation sites (tertiary alicyclic amines) is 1. The Morgan fingerprint density at radius 1 is 1.30 bits per heavy atom. The van der Waals surface area contributed by atoms with Crippen molar-refractivity contribution in [3.8, 4) is 0 Å². The van der Waals surface area contributed by atoms with Crippen molar-refractivity contribution >= 4 is 5.91 Å². The van der Waals surface area contributed by atoms with Crippen LogP contribution in [0.2, 0.25) is 0 Å². The third-order valence-corrected chi connectivity index (χ3v) is 5.53. The molecule has 30 heavy (non-hydrogen) atoms. The average molecular weight is 410 g/mol. The molecule has 0 unspecified atom stereocenters. The van der Waals surface area contributed by atoms with Gasteiger partial charge in [-0.1, -0.05) is 32.9 Å². The first-order chi connectivity index (χ1) is 14.3. The van der Waals surface area contributed by atoms with E-state index in [1.54, 1.807) is 18.3 Å². The molecule has 3 aromatic rings. The number of benzene rings is 1. The minimum absolute atomic E-state index is 0.0608. The second kappa shape index (κ2) is 8.05. The van der Waals surface area contributed by atoms with Gasteiger partial charge in [-0.2, -0.15) is 5.10 Å². The maximum Gasteiger partial charge on any atom is 0.274 e. The number of halogens is 1. The van der Waals surface area contributed by atoms with Crippen molar-refractivity contribution in [3.63, 3.8) is 0 Å². The van der Waals surface area contributed by atoms with E-state index in [-0.39, 0.29) is 23.1 Å². The van der Waals surface area contributed by atoms with Crippen LogP contribution < -0.4 is 0 Å². The van der Waals surface area contributed by atoms with Gasteiger partial charge in [0.2, 0.25) is 0 Å². The number of oxazole rings is 1. The third kappa shape index (κ3) is 4.45. The first kappa shape index (κ1) is 20.3. The average Bonchev–Trinajstić information content (AvgIpc) is 3.39. The minimum atomic E-state index is -0.254. The Kier molecular flexibility index (Phi) is 5.45. The van der Waals surface area contributed by atoms with E-state index in [1.165, 1.54) is 12.1 Å². The Balaban J connectivity index is 1.42. The van der Waals surface area contributed by atoms with Crippen molar-refractivity contribution < 1.29 is 13.6 Å². The van der Waals surface area contributed by atoms with E-state index in [4.69, 9.17) is 4.42 Å². The first-order valence-corrected chi connectivity index (χ1v) is 10.3. The van der Waals surface area contributed by atoms with Gasteiger partial charge in [0, 0.05) is 30.6 Å². The standard InChI is InChI=1S/C23H27FN4O2/c1-23(2,3)20-12-19(26-27-20)22(29)28-10-4-5-16(14-28)21-25-13-18(30-21)11-15-6-8-17(24)9-7-15/h6-9,12-13,16H,4-5,10-11,14H2,1-3H3,(H,26,27)/t16-/m1/s1. The van der Waals surface area contributed by atoms with Crippen molar-refractivity contribution in [2.45, 2.75) is 51.4 Å². The summed E-state index contributed by atoms with van der Waals surface area (Å²) in [7, 11) is 0. The summed E-state index contributed by atoms with van der Waals surface area (Å²) in [6.45, 7) is 7.51. The molecule has 0 radical (unpaired) electrons. The van der Waals surface area contributed by atoms with Crippen LogP contribution in [0.1, 0.15) is 72.9 Å². The predicted molar refractivity (Wildman–Crippen MR) is 111 cm³/mol. The quantitative estimate of drug-likeness (QED) is 0.690. The maximum absolute atomic E-state index is 13.1. The lowest BCUT2D eigenvalue weighted by atomic mass is 9.92. The molecule has 3 heterocycles. The van der Waals surface area contributed by atoms with Crippen molar-refractivity contribution in [3.05, 3.63) is 70.9 Å². The summed E-state index contributed by atoms with van der Waals surface area (Å²) in [6, 6.07) is 8.22. The third-order valence-electron chi connectivity index (χ3n) is 5.53. The smallest absolute Gasteiger partial charge is 0.274 e. The zero-order chi connectivity index (χ0) is 21.3. The van der Waals surface area contributed by atoms with Crippen LogP contribution in [0.3, 0.4) is 0 Å². The molecular formula is C23H27FN4O2. The van der Waals surface area contributed by atoms with Crippen molar-refractivity contribution in [1.29, 1.82) is 0 Å². The topological polar surface area (TPSA) is 75.0 Å². The van der Waals surface area contributed by atoms with Crippen LogP contribution >= 0.6 is 0 Å². The number of hydrogen-bond acceptors (Lipinski definition) is 4. The highest BCUT2D eigenvalue weighted by atomic mass is 19.1. The summed E-state index contributed by atoms with van der Waals surface area (Å²) in [6.07, 6.45) is 4.10. The lowest BCUT2D eigenvalue weighted by Gasteiger charge is -2.30. The molecule has 4 rings (SSSR count). The monoisotopic (exact) mass is 410 g/mol. The molecule has 6 nitrogen and oxygen atoms in total. The van der Waals surface area contributed by atoms with Gasteiger partial charge in [-0.25, -0.2) is 9.37 Å². The fourth-order valence-corrected chi connectivity index (χ4v) is 3.74. The van der Waals surface area contributed by atoms with Gasteiger partial charge in [0.1, 0.15) is 17.3 Å². The lowest BCUT2D eigenvalue weighted by molar-refractivity contribution is 0.0692.